The molecule has 0 radical (unpaired) electrons. The zero-order valence-corrected chi connectivity index (χ0v) is 10.4. The second-order valence-corrected chi connectivity index (χ2v) is 4.77. The van der Waals surface area contributed by atoms with E-state index in [4.69, 9.17) is 10.00 Å². The van der Waals surface area contributed by atoms with Crippen LogP contribution in [0.4, 0.5) is 0 Å². The van der Waals surface area contributed by atoms with E-state index in [0.29, 0.717) is 0 Å². The summed E-state index contributed by atoms with van der Waals surface area (Å²) in [4.78, 5) is 11.3. The van der Waals surface area contributed by atoms with E-state index in [9.17, 15) is 4.79 Å². The summed E-state index contributed by atoms with van der Waals surface area (Å²) >= 11 is 4.82. The van der Waals surface area contributed by atoms with E-state index in [1.807, 2.05) is 17.5 Å². The number of hydrogen-bond donors (Lipinski definition) is 0. The summed E-state index contributed by atoms with van der Waals surface area (Å²) in [6, 6.07) is 3.65. The molecule has 5 heteroatoms. The van der Waals surface area contributed by atoms with Gasteiger partial charge in [0.15, 0.2) is 0 Å². The molecule has 1 aromatic heterocycles. The lowest BCUT2D eigenvalue weighted by Gasteiger charge is -1.98. The lowest BCUT2D eigenvalue weighted by molar-refractivity contribution is -0.137. The molecular weight excluding hydrogens is 278 g/mol. The van der Waals surface area contributed by atoms with Crippen molar-refractivity contribution < 1.29 is 9.53 Å². The van der Waals surface area contributed by atoms with Crippen molar-refractivity contribution in [2.24, 2.45) is 0 Å². The van der Waals surface area contributed by atoms with Gasteiger partial charge in [-0.1, -0.05) is 0 Å². The molecule has 0 atom stereocenters. The number of hydrogen-bond acceptors (Lipinski definition) is 4. The van der Waals surface area contributed by atoms with E-state index in [2.05, 4.69) is 15.9 Å². The van der Waals surface area contributed by atoms with Crippen molar-refractivity contribution in [3.63, 3.8) is 0 Å². The molecule has 0 aliphatic carbocycles. The van der Waals surface area contributed by atoms with Crippen molar-refractivity contribution in [3.05, 3.63) is 26.4 Å². The number of carbonyl (C=O) groups excluding carboxylic acids is 1. The molecule has 1 aromatic rings. The molecule has 0 spiro atoms. The first kappa shape index (κ1) is 12.0. The van der Waals surface area contributed by atoms with Crippen molar-refractivity contribution >= 4 is 39.3 Å². The second kappa shape index (κ2) is 5.69. The highest BCUT2D eigenvalue weighted by atomic mass is 79.9. The molecule has 0 bridgehead atoms. The van der Waals surface area contributed by atoms with Crippen molar-refractivity contribution in [1.82, 2.24) is 0 Å². The minimum absolute atomic E-state index is 0.0101. The Labute approximate surface area is 100 Å². The van der Waals surface area contributed by atoms with Crippen molar-refractivity contribution in [2.45, 2.75) is 6.92 Å². The van der Waals surface area contributed by atoms with Crippen molar-refractivity contribution in [2.75, 3.05) is 6.61 Å². The highest BCUT2D eigenvalue weighted by molar-refractivity contribution is 9.11. The van der Waals surface area contributed by atoms with E-state index in [1.54, 1.807) is 6.92 Å². The number of thiophene rings is 1. The Balaban J connectivity index is 2.94. The van der Waals surface area contributed by atoms with E-state index in [1.165, 1.54) is 17.4 Å². The van der Waals surface area contributed by atoms with Crippen LogP contribution in [0.1, 0.15) is 12.5 Å². The number of rotatable bonds is 3. The molecule has 1 heterocycles. The van der Waals surface area contributed by atoms with Crippen LogP contribution in [0.15, 0.2) is 20.8 Å². The summed E-state index contributed by atoms with van der Waals surface area (Å²) in [6.07, 6.45) is 1.51. The smallest absolute Gasteiger partial charge is 0.348 e. The van der Waals surface area contributed by atoms with Gasteiger partial charge < -0.3 is 4.74 Å². The molecule has 0 aromatic carbocycles. The van der Waals surface area contributed by atoms with Gasteiger partial charge in [-0.05, 0) is 40.4 Å². The highest BCUT2D eigenvalue weighted by Crippen LogP contribution is 2.25. The Bertz CT molecular complexity index is 431. The Morgan fingerprint density at radius 3 is 3.00 bits per heavy atom. The predicted molar refractivity (Wildman–Crippen MR) is 62.2 cm³/mol. The SMILES string of the molecule is CCOC(=O)C(C#N)=Cc1ccsc1Br. The lowest BCUT2D eigenvalue weighted by Crippen LogP contribution is -2.05. The third kappa shape index (κ3) is 3.18. The molecular formula is C10H8BrNO2S. The van der Waals surface area contributed by atoms with Crippen LogP contribution in [-0.4, -0.2) is 12.6 Å². The van der Waals surface area contributed by atoms with Gasteiger partial charge >= 0.3 is 5.97 Å². The Hall–Kier alpha value is -1.12. The Kier molecular flexibility index (Phi) is 4.53. The Morgan fingerprint density at radius 1 is 1.80 bits per heavy atom. The topological polar surface area (TPSA) is 50.1 Å². The standard InChI is InChI=1S/C10H8BrNO2S/c1-2-14-10(13)8(6-12)5-7-3-4-15-9(7)11/h3-5H,2H2,1H3. The Morgan fingerprint density at radius 2 is 2.53 bits per heavy atom. The number of carbonyl (C=O) groups is 1. The van der Waals surface area contributed by atoms with Gasteiger partial charge in [-0.25, -0.2) is 4.79 Å². The van der Waals surface area contributed by atoms with Crippen LogP contribution in [0.3, 0.4) is 0 Å². The molecule has 0 aliphatic rings. The summed E-state index contributed by atoms with van der Waals surface area (Å²) in [6.45, 7) is 1.97. The van der Waals surface area contributed by atoms with Gasteiger partial charge in [0, 0.05) is 5.56 Å². The normalized spacial score (nSPS) is 10.9. The van der Waals surface area contributed by atoms with E-state index in [0.717, 1.165) is 9.35 Å². The van der Waals surface area contributed by atoms with Crippen LogP contribution < -0.4 is 0 Å². The van der Waals surface area contributed by atoms with E-state index in [-0.39, 0.29) is 12.2 Å². The molecule has 0 amide bonds. The zero-order valence-electron chi connectivity index (χ0n) is 7.99. The van der Waals surface area contributed by atoms with Gasteiger partial charge in [0.05, 0.1) is 10.4 Å². The molecule has 0 N–H and O–H groups in total. The van der Waals surface area contributed by atoms with Gasteiger partial charge in [0.25, 0.3) is 0 Å². The highest BCUT2D eigenvalue weighted by Gasteiger charge is 2.10. The summed E-state index contributed by atoms with van der Waals surface area (Å²) in [5.41, 5.74) is 0.820. The van der Waals surface area contributed by atoms with Crippen LogP contribution in [0, 0.1) is 11.3 Å². The molecule has 0 fully saturated rings. The molecule has 0 aliphatic heterocycles. The van der Waals surface area contributed by atoms with Gasteiger partial charge in [-0.2, -0.15) is 5.26 Å². The summed E-state index contributed by atoms with van der Waals surface area (Å²) in [7, 11) is 0. The molecule has 3 nitrogen and oxygen atoms in total. The van der Waals surface area contributed by atoms with E-state index < -0.39 is 5.97 Å². The van der Waals surface area contributed by atoms with Gasteiger partial charge in [0.1, 0.15) is 11.6 Å². The molecule has 0 unspecified atom stereocenters. The zero-order chi connectivity index (χ0) is 11.3. The van der Waals surface area contributed by atoms with Crippen LogP contribution in [0.25, 0.3) is 6.08 Å². The molecule has 0 saturated carbocycles. The average molecular weight is 286 g/mol. The molecule has 78 valence electrons. The predicted octanol–water partition coefficient (Wildman–Crippen LogP) is 2.98. The maximum Gasteiger partial charge on any atom is 0.348 e. The fourth-order valence-corrected chi connectivity index (χ4v) is 2.07. The third-order valence-corrected chi connectivity index (χ3v) is 3.30. The van der Waals surface area contributed by atoms with Gasteiger partial charge in [0.2, 0.25) is 0 Å². The number of halogens is 1. The lowest BCUT2D eigenvalue weighted by atomic mass is 10.2. The number of ether oxygens (including phenoxy) is 1. The van der Waals surface area contributed by atoms with Gasteiger partial charge in [-0.15, -0.1) is 11.3 Å². The van der Waals surface area contributed by atoms with Crippen LogP contribution >= 0.6 is 27.3 Å². The average Bonchev–Trinajstić information content (AvgIpc) is 2.61. The summed E-state index contributed by atoms with van der Waals surface area (Å²) in [5.74, 6) is -0.585. The third-order valence-electron chi connectivity index (χ3n) is 1.56. The minimum atomic E-state index is -0.585. The first-order valence-electron chi connectivity index (χ1n) is 4.21. The molecule has 0 saturated heterocycles. The monoisotopic (exact) mass is 285 g/mol. The summed E-state index contributed by atoms with van der Waals surface area (Å²) in [5, 5.41) is 10.7. The maximum atomic E-state index is 11.3. The first-order valence-corrected chi connectivity index (χ1v) is 5.88. The van der Waals surface area contributed by atoms with Crippen LogP contribution in [0.2, 0.25) is 0 Å². The number of nitriles is 1. The van der Waals surface area contributed by atoms with Crippen LogP contribution in [0.5, 0.6) is 0 Å². The first-order chi connectivity index (χ1) is 7.19. The molecule has 15 heavy (non-hydrogen) atoms. The summed E-state index contributed by atoms with van der Waals surface area (Å²) < 4.78 is 5.63. The quantitative estimate of drug-likeness (QED) is 0.487. The van der Waals surface area contributed by atoms with Gasteiger partial charge in [-0.3, -0.25) is 0 Å². The van der Waals surface area contributed by atoms with Crippen molar-refractivity contribution in [1.29, 1.82) is 5.26 Å². The number of nitrogens with zero attached hydrogens (tertiary/aromatic N) is 1. The van der Waals surface area contributed by atoms with Crippen molar-refractivity contribution in [3.8, 4) is 6.07 Å². The van der Waals surface area contributed by atoms with Crippen LogP contribution in [-0.2, 0) is 9.53 Å². The van der Waals surface area contributed by atoms with E-state index >= 15 is 0 Å². The maximum absolute atomic E-state index is 11.3. The fraction of sp³-hybridized carbons (Fsp3) is 0.200. The molecule has 1 rings (SSSR count). The largest absolute Gasteiger partial charge is 0.462 e. The second-order valence-electron chi connectivity index (χ2n) is 2.54. The number of esters is 1. The minimum Gasteiger partial charge on any atom is -0.462 e. The fourth-order valence-electron chi connectivity index (χ4n) is 0.907.